The molecule has 2 N–H and O–H groups in total. The second kappa shape index (κ2) is 6.21. The third-order valence-electron chi connectivity index (χ3n) is 2.42. The predicted octanol–water partition coefficient (Wildman–Crippen LogP) is 3.63. The van der Waals surface area contributed by atoms with E-state index in [4.69, 9.17) is 11.6 Å². The first kappa shape index (κ1) is 14.1. The van der Waals surface area contributed by atoms with Crippen LogP contribution >= 0.6 is 34.2 Å². The van der Waals surface area contributed by atoms with E-state index in [1.165, 1.54) is 0 Å². The zero-order chi connectivity index (χ0) is 13.8. The van der Waals surface area contributed by atoms with Crippen molar-refractivity contribution in [2.45, 2.75) is 0 Å². The minimum Gasteiger partial charge on any atom is -0.373 e. The molecule has 0 aliphatic carbocycles. The molecule has 1 amide bonds. The molecular weight excluding hydrogens is 377 g/mol. The van der Waals surface area contributed by atoms with Gasteiger partial charge >= 0.3 is 0 Å². The number of carbonyl (C=O) groups excluding carboxylic acids is 1. The lowest BCUT2D eigenvalue weighted by atomic mass is 10.3. The monoisotopic (exact) mass is 387 g/mol. The number of halogens is 2. The number of aromatic nitrogens is 1. The van der Waals surface area contributed by atoms with Crippen LogP contribution in [0.1, 0.15) is 10.5 Å². The van der Waals surface area contributed by atoms with Crippen molar-refractivity contribution in [3.63, 3.8) is 0 Å². The van der Waals surface area contributed by atoms with E-state index in [1.54, 1.807) is 37.4 Å². The number of nitrogens with zero attached hydrogens (tertiary/aromatic N) is 1. The van der Waals surface area contributed by atoms with Crippen molar-refractivity contribution in [3.05, 3.63) is 50.7 Å². The van der Waals surface area contributed by atoms with Gasteiger partial charge in [-0.1, -0.05) is 17.7 Å². The lowest BCUT2D eigenvalue weighted by Gasteiger charge is -2.08. The van der Waals surface area contributed by atoms with Crippen LogP contribution in [-0.4, -0.2) is 17.9 Å². The predicted molar refractivity (Wildman–Crippen MR) is 85.9 cm³/mol. The highest BCUT2D eigenvalue weighted by molar-refractivity contribution is 14.1. The molecule has 0 atom stereocenters. The van der Waals surface area contributed by atoms with E-state index >= 15 is 0 Å². The third kappa shape index (κ3) is 3.57. The normalized spacial score (nSPS) is 10.1. The van der Waals surface area contributed by atoms with Crippen LogP contribution in [0.25, 0.3) is 0 Å². The molecule has 0 aliphatic heterocycles. The van der Waals surface area contributed by atoms with Crippen molar-refractivity contribution in [1.29, 1.82) is 0 Å². The van der Waals surface area contributed by atoms with E-state index in [0.717, 1.165) is 3.57 Å². The lowest BCUT2D eigenvalue weighted by Crippen LogP contribution is -2.14. The van der Waals surface area contributed by atoms with Gasteiger partial charge in [-0.2, -0.15) is 0 Å². The second-order valence-electron chi connectivity index (χ2n) is 3.74. The number of anilines is 2. The maximum Gasteiger partial charge on any atom is 0.274 e. The van der Waals surface area contributed by atoms with Crippen molar-refractivity contribution >= 4 is 51.6 Å². The topological polar surface area (TPSA) is 54.0 Å². The molecule has 0 aliphatic rings. The molecular formula is C13H11ClIN3O. The van der Waals surface area contributed by atoms with Crippen LogP contribution in [0.15, 0.2) is 36.4 Å². The van der Waals surface area contributed by atoms with Crippen LogP contribution in [0, 0.1) is 3.57 Å². The highest BCUT2D eigenvalue weighted by Gasteiger charge is 2.10. The van der Waals surface area contributed by atoms with Crippen LogP contribution in [0.3, 0.4) is 0 Å². The highest BCUT2D eigenvalue weighted by Crippen LogP contribution is 2.24. The summed E-state index contributed by atoms with van der Waals surface area (Å²) >= 11 is 8.23. The molecule has 1 aromatic carbocycles. The summed E-state index contributed by atoms with van der Waals surface area (Å²) in [6.07, 6.45) is 0. The fourth-order valence-electron chi connectivity index (χ4n) is 1.48. The van der Waals surface area contributed by atoms with Crippen LogP contribution in [0.4, 0.5) is 11.5 Å². The first-order valence-corrected chi connectivity index (χ1v) is 6.97. The molecule has 0 radical (unpaired) electrons. The maximum atomic E-state index is 12.1. The van der Waals surface area contributed by atoms with E-state index in [-0.39, 0.29) is 5.91 Å². The molecule has 2 rings (SSSR count). The molecule has 6 heteroatoms. The molecule has 1 heterocycles. The van der Waals surface area contributed by atoms with E-state index < -0.39 is 0 Å². The first-order chi connectivity index (χ1) is 9.10. The van der Waals surface area contributed by atoms with Crippen LogP contribution in [-0.2, 0) is 0 Å². The lowest BCUT2D eigenvalue weighted by molar-refractivity contribution is 0.102. The van der Waals surface area contributed by atoms with E-state index in [0.29, 0.717) is 22.2 Å². The molecule has 4 nitrogen and oxygen atoms in total. The van der Waals surface area contributed by atoms with Gasteiger partial charge in [-0.15, -0.1) is 0 Å². The van der Waals surface area contributed by atoms with E-state index in [2.05, 4.69) is 38.2 Å². The Hall–Kier alpha value is -1.34. The molecule has 0 bridgehead atoms. The second-order valence-corrected chi connectivity index (χ2v) is 5.39. The Balaban J connectivity index is 2.20. The van der Waals surface area contributed by atoms with Gasteiger partial charge in [0.15, 0.2) is 0 Å². The number of amides is 1. The maximum absolute atomic E-state index is 12.1. The number of nitrogens with one attached hydrogen (secondary N) is 2. The standard InChI is InChI=1S/C13H11ClIN3O/c1-16-12-4-2-3-11(17-12)13(19)18-10-6-5-8(15)7-9(10)14/h2-7H,1H3,(H,16,17)(H,18,19). The largest absolute Gasteiger partial charge is 0.373 e. The Morgan fingerprint density at radius 2 is 2.11 bits per heavy atom. The minimum absolute atomic E-state index is 0.291. The van der Waals surface area contributed by atoms with Gasteiger partial charge in [0, 0.05) is 10.6 Å². The van der Waals surface area contributed by atoms with Crippen molar-refractivity contribution < 1.29 is 4.79 Å². The number of hydrogen-bond donors (Lipinski definition) is 2. The number of hydrogen-bond acceptors (Lipinski definition) is 3. The third-order valence-corrected chi connectivity index (χ3v) is 3.40. The summed E-state index contributed by atoms with van der Waals surface area (Å²) in [6.45, 7) is 0. The Kier molecular flexibility index (Phi) is 4.60. The number of pyridine rings is 1. The molecule has 0 unspecified atom stereocenters. The van der Waals surface area contributed by atoms with Crippen LogP contribution < -0.4 is 10.6 Å². The highest BCUT2D eigenvalue weighted by atomic mass is 127. The average Bonchev–Trinajstić information content (AvgIpc) is 2.42. The summed E-state index contributed by atoms with van der Waals surface area (Å²) in [5.74, 6) is 0.349. The van der Waals surface area contributed by atoms with Gasteiger partial charge in [0.05, 0.1) is 10.7 Å². The first-order valence-electron chi connectivity index (χ1n) is 5.51. The molecule has 2 aromatic rings. The van der Waals surface area contributed by atoms with Gasteiger partial charge in [-0.05, 0) is 52.9 Å². The number of benzene rings is 1. The smallest absolute Gasteiger partial charge is 0.274 e. The van der Waals surface area contributed by atoms with Crippen molar-refractivity contribution in [2.75, 3.05) is 17.7 Å². The van der Waals surface area contributed by atoms with Gasteiger partial charge in [0.25, 0.3) is 5.91 Å². The molecule has 1 aromatic heterocycles. The molecule has 0 spiro atoms. The molecule has 0 saturated heterocycles. The van der Waals surface area contributed by atoms with Gasteiger partial charge < -0.3 is 10.6 Å². The average molecular weight is 388 g/mol. The summed E-state index contributed by atoms with van der Waals surface area (Å²) in [6, 6.07) is 10.6. The van der Waals surface area contributed by atoms with Gasteiger partial charge in [-0.25, -0.2) is 4.98 Å². The Bertz CT molecular complexity index is 619. The molecule has 0 fully saturated rings. The zero-order valence-electron chi connectivity index (χ0n) is 10.1. The Morgan fingerprint density at radius 3 is 2.79 bits per heavy atom. The van der Waals surface area contributed by atoms with E-state index in [9.17, 15) is 4.79 Å². The summed E-state index contributed by atoms with van der Waals surface area (Å²) < 4.78 is 1.01. The van der Waals surface area contributed by atoms with E-state index in [1.807, 2.05) is 6.07 Å². The zero-order valence-corrected chi connectivity index (χ0v) is 13.0. The fraction of sp³-hybridized carbons (Fsp3) is 0.0769. The SMILES string of the molecule is CNc1cccc(C(=O)Nc2ccc(I)cc2Cl)n1. The Morgan fingerprint density at radius 1 is 1.32 bits per heavy atom. The van der Waals surface area contributed by atoms with Crippen LogP contribution in [0.2, 0.25) is 5.02 Å². The van der Waals surface area contributed by atoms with Gasteiger partial charge in [-0.3, -0.25) is 4.79 Å². The van der Waals surface area contributed by atoms with Crippen molar-refractivity contribution in [2.24, 2.45) is 0 Å². The summed E-state index contributed by atoms with van der Waals surface area (Å²) in [5, 5.41) is 6.13. The van der Waals surface area contributed by atoms with Crippen molar-refractivity contribution in [3.8, 4) is 0 Å². The molecule has 98 valence electrons. The summed E-state index contributed by atoms with van der Waals surface area (Å²) in [5.41, 5.74) is 0.908. The fourth-order valence-corrected chi connectivity index (χ4v) is 2.38. The molecule has 19 heavy (non-hydrogen) atoms. The Labute approximate surface area is 129 Å². The molecule has 0 saturated carbocycles. The van der Waals surface area contributed by atoms with Crippen LogP contribution in [0.5, 0.6) is 0 Å². The minimum atomic E-state index is -0.291. The van der Waals surface area contributed by atoms with Crippen molar-refractivity contribution in [1.82, 2.24) is 4.98 Å². The summed E-state index contributed by atoms with van der Waals surface area (Å²) in [4.78, 5) is 16.2. The summed E-state index contributed by atoms with van der Waals surface area (Å²) in [7, 11) is 1.75. The number of rotatable bonds is 3. The quantitative estimate of drug-likeness (QED) is 0.791. The number of carbonyl (C=O) groups is 1. The van der Waals surface area contributed by atoms with Gasteiger partial charge in [0.1, 0.15) is 11.5 Å². The van der Waals surface area contributed by atoms with Gasteiger partial charge in [0.2, 0.25) is 0 Å².